The Bertz CT molecular complexity index is 1890. The van der Waals surface area contributed by atoms with Gasteiger partial charge in [-0.15, -0.1) is 10.2 Å². The van der Waals surface area contributed by atoms with Crippen molar-refractivity contribution in [3.05, 3.63) is 35.2 Å². The molecular weight excluding hydrogens is 602 g/mol. The number of fused-ring (bicyclic) bond motifs is 3. The average Bonchev–Trinajstić information content (AvgIpc) is 3.43. The van der Waals surface area contributed by atoms with E-state index < -0.39 is 32.6 Å². The molecular formula is C27H28F2N8O4S2. The summed E-state index contributed by atoms with van der Waals surface area (Å²) in [6.45, 7) is 4.43. The molecule has 1 saturated heterocycles. The minimum absolute atomic E-state index is 0.0549. The molecule has 1 aliphatic heterocycles. The standard InChI is InChI=1S/C27H28F2N8O4S2/c1-26(2,41-3)24(38)36-10-6-15(7-11-36)20-19-17-5-4-16(43(39,40)35-27(13-30)8-9-27)12-18(17)37(22(19)32-14-31-20)25-34-33-23(42-25)21(28)29/h4-5,12,14-15,21,35H,6-11H2,1-3H3. The molecule has 6 rings (SSSR count). The van der Waals surface area contributed by atoms with E-state index in [1.807, 2.05) is 6.07 Å². The van der Waals surface area contributed by atoms with Crippen LogP contribution in [0.1, 0.15) is 62.6 Å². The number of sulfonamides is 1. The van der Waals surface area contributed by atoms with Gasteiger partial charge in [0.2, 0.25) is 15.2 Å². The molecule has 2 fully saturated rings. The van der Waals surface area contributed by atoms with Crippen molar-refractivity contribution in [2.24, 2.45) is 0 Å². The third-order valence-electron chi connectivity index (χ3n) is 8.15. The molecule has 226 valence electrons. The van der Waals surface area contributed by atoms with Crippen LogP contribution in [-0.2, 0) is 19.6 Å². The van der Waals surface area contributed by atoms with Crippen LogP contribution < -0.4 is 4.72 Å². The maximum Gasteiger partial charge on any atom is 0.291 e. The molecule has 1 aliphatic carbocycles. The molecule has 1 N–H and O–H groups in total. The summed E-state index contributed by atoms with van der Waals surface area (Å²) in [5.41, 5.74) is -0.623. The summed E-state index contributed by atoms with van der Waals surface area (Å²) >= 11 is 0.681. The number of nitrogens with zero attached hydrogens (tertiary/aromatic N) is 7. The molecule has 43 heavy (non-hydrogen) atoms. The molecule has 3 aromatic heterocycles. The minimum atomic E-state index is -4.09. The lowest BCUT2D eigenvalue weighted by molar-refractivity contribution is -0.152. The van der Waals surface area contributed by atoms with E-state index in [2.05, 4.69) is 24.9 Å². The van der Waals surface area contributed by atoms with Crippen LogP contribution in [0.15, 0.2) is 29.4 Å². The van der Waals surface area contributed by atoms with Gasteiger partial charge in [0.25, 0.3) is 12.3 Å². The molecule has 4 aromatic rings. The Kier molecular flexibility index (Phi) is 7.19. The van der Waals surface area contributed by atoms with Gasteiger partial charge >= 0.3 is 0 Å². The van der Waals surface area contributed by atoms with Crippen LogP contribution in [0.5, 0.6) is 0 Å². The fourth-order valence-corrected chi connectivity index (χ4v) is 7.53. The van der Waals surface area contributed by atoms with Crippen molar-refractivity contribution in [3.8, 4) is 11.2 Å². The van der Waals surface area contributed by atoms with E-state index in [1.165, 1.54) is 30.1 Å². The van der Waals surface area contributed by atoms with Crippen LogP contribution in [0.2, 0.25) is 0 Å². The second-order valence-electron chi connectivity index (χ2n) is 11.3. The van der Waals surface area contributed by atoms with Gasteiger partial charge in [0.1, 0.15) is 17.5 Å². The second kappa shape index (κ2) is 10.5. The third kappa shape index (κ3) is 5.13. The normalized spacial score (nSPS) is 17.6. The number of carbonyl (C=O) groups is 1. The largest absolute Gasteiger partial charge is 0.369 e. The Morgan fingerprint density at radius 2 is 1.95 bits per heavy atom. The summed E-state index contributed by atoms with van der Waals surface area (Å²) in [6.07, 6.45) is 0.617. The number of rotatable bonds is 8. The van der Waals surface area contributed by atoms with Crippen LogP contribution in [0.25, 0.3) is 27.1 Å². The van der Waals surface area contributed by atoms with Crippen molar-refractivity contribution in [2.45, 2.75) is 67.9 Å². The lowest BCUT2D eigenvalue weighted by Crippen LogP contribution is -2.49. The van der Waals surface area contributed by atoms with Crippen molar-refractivity contribution in [3.63, 3.8) is 0 Å². The second-order valence-corrected chi connectivity index (χ2v) is 13.9. The Morgan fingerprint density at radius 1 is 1.23 bits per heavy atom. The van der Waals surface area contributed by atoms with Crippen LogP contribution in [0.4, 0.5) is 8.78 Å². The summed E-state index contributed by atoms with van der Waals surface area (Å²) in [5.74, 6) is -0.156. The summed E-state index contributed by atoms with van der Waals surface area (Å²) in [7, 11) is -2.58. The van der Waals surface area contributed by atoms with Crippen molar-refractivity contribution in [2.75, 3.05) is 20.2 Å². The molecule has 1 amide bonds. The number of piperidine rings is 1. The number of halogens is 2. The van der Waals surface area contributed by atoms with E-state index in [9.17, 15) is 27.3 Å². The Morgan fingerprint density at radius 3 is 2.56 bits per heavy atom. The third-order valence-corrected chi connectivity index (χ3v) is 10.6. The van der Waals surface area contributed by atoms with Gasteiger partial charge in [-0.3, -0.25) is 9.36 Å². The Balaban J connectivity index is 1.46. The smallest absolute Gasteiger partial charge is 0.291 e. The van der Waals surface area contributed by atoms with Gasteiger partial charge in [0, 0.05) is 36.9 Å². The lowest BCUT2D eigenvalue weighted by Gasteiger charge is -2.36. The van der Waals surface area contributed by atoms with Gasteiger partial charge in [0.15, 0.2) is 10.7 Å². The molecule has 16 heteroatoms. The molecule has 4 heterocycles. The van der Waals surface area contributed by atoms with Gasteiger partial charge < -0.3 is 9.64 Å². The number of alkyl halides is 2. The molecule has 0 unspecified atom stereocenters. The first kappa shape index (κ1) is 29.4. The van der Waals surface area contributed by atoms with Gasteiger partial charge in [-0.2, -0.15) is 9.98 Å². The van der Waals surface area contributed by atoms with Crippen LogP contribution >= 0.6 is 11.3 Å². The Labute approximate surface area is 249 Å². The highest BCUT2D eigenvalue weighted by Crippen LogP contribution is 2.41. The van der Waals surface area contributed by atoms with Gasteiger partial charge in [0.05, 0.1) is 22.2 Å². The summed E-state index contributed by atoms with van der Waals surface area (Å²) < 4.78 is 62.9. The summed E-state index contributed by atoms with van der Waals surface area (Å²) in [6, 6.07) is 6.52. The average molecular weight is 631 g/mol. The maximum atomic E-state index is 13.5. The molecule has 12 nitrogen and oxygen atoms in total. The first-order valence-electron chi connectivity index (χ1n) is 13.6. The first-order chi connectivity index (χ1) is 20.4. The number of carbonyl (C=O) groups excluding carboxylic acids is 1. The zero-order valence-corrected chi connectivity index (χ0v) is 25.2. The number of nitriles is 1. The molecule has 0 radical (unpaired) electrons. The molecule has 1 aromatic carbocycles. The highest BCUT2D eigenvalue weighted by Gasteiger charge is 2.47. The Hall–Kier alpha value is -3.65. The predicted molar refractivity (Wildman–Crippen MR) is 152 cm³/mol. The van der Waals surface area contributed by atoms with E-state index in [0.29, 0.717) is 77.7 Å². The topological polar surface area (TPSA) is 156 Å². The SMILES string of the molecule is COC(C)(C)C(=O)N1CCC(c2ncnc3c2c2ccc(S(=O)(=O)NC4(C#N)CC4)cc2n3-c2nnc(C(F)F)s2)CC1. The predicted octanol–water partition coefficient (Wildman–Crippen LogP) is 3.83. The summed E-state index contributed by atoms with van der Waals surface area (Å²) in [4.78, 5) is 23.7. The first-order valence-corrected chi connectivity index (χ1v) is 15.9. The number of ether oxygens (including phenoxy) is 1. The summed E-state index contributed by atoms with van der Waals surface area (Å²) in [5, 5.41) is 17.9. The monoisotopic (exact) mass is 630 g/mol. The van der Waals surface area contributed by atoms with Crippen molar-refractivity contribution < 1.29 is 26.7 Å². The van der Waals surface area contributed by atoms with Crippen LogP contribution in [0.3, 0.4) is 0 Å². The van der Waals surface area contributed by atoms with E-state index in [0.717, 1.165) is 0 Å². The number of hydrogen-bond donors (Lipinski definition) is 1. The highest BCUT2D eigenvalue weighted by molar-refractivity contribution is 7.89. The number of amides is 1. The number of benzene rings is 1. The lowest BCUT2D eigenvalue weighted by atomic mass is 9.90. The van der Waals surface area contributed by atoms with Crippen LogP contribution in [-0.4, -0.2) is 75.3 Å². The van der Waals surface area contributed by atoms with Crippen molar-refractivity contribution in [1.29, 1.82) is 5.26 Å². The molecule has 0 bridgehead atoms. The van der Waals surface area contributed by atoms with Crippen molar-refractivity contribution >= 4 is 49.2 Å². The van der Waals surface area contributed by atoms with Crippen LogP contribution in [0, 0.1) is 11.3 Å². The van der Waals surface area contributed by atoms with Crippen molar-refractivity contribution in [1.82, 2.24) is 34.4 Å². The number of likely N-dealkylation sites (tertiary alicyclic amines) is 1. The van der Waals surface area contributed by atoms with Gasteiger partial charge in [-0.1, -0.05) is 17.4 Å². The van der Waals surface area contributed by atoms with E-state index in [-0.39, 0.29) is 21.9 Å². The van der Waals surface area contributed by atoms with E-state index in [4.69, 9.17) is 4.74 Å². The molecule has 0 atom stereocenters. The van der Waals surface area contributed by atoms with E-state index >= 15 is 0 Å². The number of aromatic nitrogens is 5. The molecule has 0 spiro atoms. The van der Waals surface area contributed by atoms with Gasteiger partial charge in [-0.05, 0) is 51.7 Å². The van der Waals surface area contributed by atoms with Gasteiger partial charge in [-0.25, -0.2) is 27.2 Å². The maximum absolute atomic E-state index is 13.5. The quantitative estimate of drug-likeness (QED) is 0.306. The number of nitrogens with one attached hydrogen (secondary N) is 1. The fourth-order valence-electron chi connectivity index (χ4n) is 5.42. The zero-order chi connectivity index (χ0) is 30.7. The fraction of sp³-hybridized carbons (Fsp3) is 0.481. The molecule has 2 aliphatic rings. The van der Waals surface area contributed by atoms with E-state index in [1.54, 1.807) is 24.8 Å². The zero-order valence-electron chi connectivity index (χ0n) is 23.5. The molecule has 1 saturated carbocycles. The number of methoxy groups -OCH3 is 1. The minimum Gasteiger partial charge on any atom is -0.369 e. The highest BCUT2D eigenvalue weighted by atomic mass is 32.2. The number of hydrogen-bond acceptors (Lipinski definition) is 10.